The number of amides is 2. The van der Waals surface area contributed by atoms with Gasteiger partial charge in [-0.25, -0.2) is 4.79 Å². The van der Waals surface area contributed by atoms with Gasteiger partial charge in [-0.2, -0.15) is 0 Å². The first kappa shape index (κ1) is 18.7. The van der Waals surface area contributed by atoms with E-state index in [9.17, 15) is 14.7 Å². The Morgan fingerprint density at radius 2 is 2.15 bits per heavy atom. The van der Waals surface area contributed by atoms with Crippen molar-refractivity contribution >= 4 is 12.0 Å². The number of carboxylic acid groups (broad SMARTS) is 1. The first-order chi connectivity index (χ1) is 12.4. The standard InChI is InChI=1S/C20H29N3O3/c1-3-22(2)12-16-7-4-6-15(10-16)11-21-19(26)23-13-17-8-5-9-20(17,14-23)18(24)25/h4,6-7,10,17H,3,5,8-9,11-14H2,1-2H3,(H,21,26)(H,24,25)/t17-,20+/m0/s1. The molecule has 0 aromatic heterocycles. The van der Waals surface area contributed by atoms with Gasteiger partial charge in [0.15, 0.2) is 0 Å². The normalized spacial score (nSPS) is 24.7. The van der Waals surface area contributed by atoms with E-state index in [4.69, 9.17) is 0 Å². The lowest BCUT2D eigenvalue weighted by Crippen LogP contribution is -2.41. The van der Waals surface area contributed by atoms with Gasteiger partial charge in [-0.3, -0.25) is 4.79 Å². The van der Waals surface area contributed by atoms with Crippen LogP contribution < -0.4 is 5.32 Å². The number of rotatable bonds is 6. The average molecular weight is 359 g/mol. The lowest BCUT2D eigenvalue weighted by atomic mass is 9.81. The smallest absolute Gasteiger partial charge is 0.317 e. The molecule has 0 radical (unpaired) electrons. The number of carboxylic acids is 1. The molecule has 1 aromatic rings. The predicted octanol–water partition coefficient (Wildman–Crippen LogP) is 2.53. The summed E-state index contributed by atoms with van der Waals surface area (Å²) in [7, 11) is 2.08. The van der Waals surface area contributed by atoms with Gasteiger partial charge in [0.1, 0.15) is 0 Å². The molecular formula is C20H29N3O3. The molecule has 1 heterocycles. The second kappa shape index (κ2) is 7.66. The molecule has 2 fully saturated rings. The molecule has 2 amide bonds. The summed E-state index contributed by atoms with van der Waals surface area (Å²) < 4.78 is 0. The number of likely N-dealkylation sites (tertiary alicyclic amines) is 1. The van der Waals surface area contributed by atoms with Crippen LogP contribution in [0.25, 0.3) is 0 Å². The third kappa shape index (κ3) is 3.70. The molecule has 2 N–H and O–H groups in total. The third-order valence-corrected chi connectivity index (χ3v) is 6.01. The molecule has 6 nitrogen and oxygen atoms in total. The number of carbonyl (C=O) groups is 2. The third-order valence-electron chi connectivity index (χ3n) is 6.01. The van der Waals surface area contributed by atoms with E-state index in [1.165, 1.54) is 5.56 Å². The zero-order chi connectivity index (χ0) is 18.7. The minimum absolute atomic E-state index is 0.0960. The number of nitrogens with zero attached hydrogens (tertiary/aromatic N) is 2. The minimum atomic E-state index is -0.747. The molecule has 142 valence electrons. The van der Waals surface area contributed by atoms with E-state index >= 15 is 0 Å². The summed E-state index contributed by atoms with van der Waals surface area (Å²) in [4.78, 5) is 28.2. The molecule has 3 rings (SSSR count). The molecule has 2 atom stereocenters. The molecule has 6 heteroatoms. The van der Waals surface area contributed by atoms with E-state index in [1.54, 1.807) is 4.90 Å². The van der Waals surface area contributed by atoms with E-state index in [-0.39, 0.29) is 11.9 Å². The fraction of sp³-hybridized carbons (Fsp3) is 0.600. The Morgan fingerprint density at radius 3 is 2.85 bits per heavy atom. The molecular weight excluding hydrogens is 330 g/mol. The maximum Gasteiger partial charge on any atom is 0.317 e. The lowest BCUT2D eigenvalue weighted by Gasteiger charge is -2.23. The summed E-state index contributed by atoms with van der Waals surface area (Å²) >= 11 is 0. The van der Waals surface area contributed by atoms with Crippen LogP contribution >= 0.6 is 0 Å². The van der Waals surface area contributed by atoms with Crippen molar-refractivity contribution < 1.29 is 14.7 Å². The summed E-state index contributed by atoms with van der Waals surface area (Å²) in [6.45, 7) is 5.35. The summed E-state index contributed by atoms with van der Waals surface area (Å²) in [6, 6.07) is 8.07. The highest BCUT2D eigenvalue weighted by Crippen LogP contribution is 2.48. The van der Waals surface area contributed by atoms with Gasteiger partial charge in [-0.15, -0.1) is 0 Å². The summed E-state index contributed by atoms with van der Waals surface area (Å²) in [5, 5.41) is 12.6. The molecule has 0 unspecified atom stereocenters. The fourth-order valence-corrected chi connectivity index (χ4v) is 4.34. The van der Waals surface area contributed by atoms with Gasteiger partial charge in [0.25, 0.3) is 0 Å². The highest BCUT2D eigenvalue weighted by atomic mass is 16.4. The molecule has 1 aliphatic carbocycles. The number of benzene rings is 1. The molecule has 2 aliphatic rings. The van der Waals surface area contributed by atoms with Crippen LogP contribution in [0.1, 0.15) is 37.3 Å². The van der Waals surface area contributed by atoms with Crippen molar-refractivity contribution in [1.82, 2.24) is 15.1 Å². The van der Waals surface area contributed by atoms with Crippen LogP contribution in [-0.2, 0) is 17.9 Å². The first-order valence-electron chi connectivity index (χ1n) is 9.47. The number of urea groups is 1. The lowest BCUT2D eigenvalue weighted by molar-refractivity contribution is -0.149. The van der Waals surface area contributed by atoms with Gasteiger partial charge in [0, 0.05) is 26.2 Å². The molecule has 0 bridgehead atoms. The Labute approximate surface area is 155 Å². The van der Waals surface area contributed by atoms with E-state index < -0.39 is 11.4 Å². The maximum atomic E-state index is 12.5. The van der Waals surface area contributed by atoms with Gasteiger partial charge in [0.2, 0.25) is 0 Å². The van der Waals surface area contributed by atoms with Gasteiger partial charge in [0.05, 0.1) is 5.41 Å². The molecule has 1 aliphatic heterocycles. The Kier molecular flexibility index (Phi) is 5.51. The van der Waals surface area contributed by atoms with Gasteiger partial charge in [-0.1, -0.05) is 37.6 Å². The topological polar surface area (TPSA) is 72.9 Å². The first-order valence-corrected chi connectivity index (χ1v) is 9.47. The van der Waals surface area contributed by atoms with Crippen LogP contribution in [0.2, 0.25) is 0 Å². The van der Waals surface area contributed by atoms with Crippen LogP contribution in [0.15, 0.2) is 24.3 Å². The SMILES string of the molecule is CCN(C)Cc1cccc(CNC(=O)N2C[C@@H]3CCC[C@@]3(C(=O)O)C2)c1. The van der Waals surface area contributed by atoms with Crippen LogP contribution in [0.3, 0.4) is 0 Å². The molecule has 1 saturated carbocycles. The molecule has 0 spiro atoms. The van der Waals surface area contributed by atoms with Crippen molar-refractivity contribution in [3.05, 3.63) is 35.4 Å². The largest absolute Gasteiger partial charge is 0.481 e. The van der Waals surface area contributed by atoms with Crippen LogP contribution in [0, 0.1) is 11.3 Å². The van der Waals surface area contributed by atoms with Crippen LogP contribution in [0.5, 0.6) is 0 Å². The fourth-order valence-electron chi connectivity index (χ4n) is 4.34. The van der Waals surface area contributed by atoms with Crippen molar-refractivity contribution in [2.24, 2.45) is 11.3 Å². The Bertz CT molecular complexity index is 678. The highest BCUT2D eigenvalue weighted by Gasteiger charge is 2.55. The maximum absolute atomic E-state index is 12.5. The van der Waals surface area contributed by atoms with Crippen molar-refractivity contribution in [3.8, 4) is 0 Å². The van der Waals surface area contributed by atoms with Crippen molar-refractivity contribution in [1.29, 1.82) is 0 Å². The van der Waals surface area contributed by atoms with Crippen LogP contribution in [0.4, 0.5) is 4.79 Å². The van der Waals surface area contributed by atoms with Crippen molar-refractivity contribution in [3.63, 3.8) is 0 Å². The Morgan fingerprint density at radius 1 is 1.38 bits per heavy atom. The average Bonchev–Trinajstić information content (AvgIpc) is 3.18. The second-order valence-electron chi connectivity index (χ2n) is 7.74. The van der Waals surface area contributed by atoms with E-state index in [1.807, 2.05) is 12.1 Å². The summed E-state index contributed by atoms with van der Waals surface area (Å²) in [5.41, 5.74) is 1.57. The molecule has 26 heavy (non-hydrogen) atoms. The number of hydrogen-bond donors (Lipinski definition) is 2. The summed E-state index contributed by atoms with van der Waals surface area (Å²) in [6.07, 6.45) is 2.54. The highest BCUT2D eigenvalue weighted by molar-refractivity contribution is 5.80. The predicted molar refractivity (Wildman–Crippen MR) is 99.7 cm³/mol. The minimum Gasteiger partial charge on any atom is -0.481 e. The Hall–Kier alpha value is -2.08. The zero-order valence-electron chi connectivity index (χ0n) is 15.7. The van der Waals surface area contributed by atoms with E-state index in [0.717, 1.165) is 31.5 Å². The summed E-state index contributed by atoms with van der Waals surface area (Å²) in [5.74, 6) is -0.651. The van der Waals surface area contributed by atoms with Gasteiger partial charge < -0.3 is 20.2 Å². The number of hydrogen-bond acceptors (Lipinski definition) is 3. The van der Waals surface area contributed by atoms with Gasteiger partial charge in [-0.05, 0) is 43.5 Å². The van der Waals surface area contributed by atoms with E-state index in [0.29, 0.717) is 26.1 Å². The quantitative estimate of drug-likeness (QED) is 0.819. The monoisotopic (exact) mass is 359 g/mol. The molecule has 1 saturated heterocycles. The number of fused-ring (bicyclic) bond motifs is 1. The van der Waals surface area contributed by atoms with Crippen molar-refractivity contribution in [2.45, 2.75) is 39.3 Å². The number of carbonyl (C=O) groups excluding carboxylic acids is 1. The van der Waals surface area contributed by atoms with Crippen molar-refractivity contribution in [2.75, 3.05) is 26.7 Å². The zero-order valence-corrected chi connectivity index (χ0v) is 15.7. The van der Waals surface area contributed by atoms with E-state index in [2.05, 4.69) is 36.3 Å². The number of aliphatic carboxylic acids is 1. The number of nitrogens with one attached hydrogen (secondary N) is 1. The van der Waals surface area contributed by atoms with Gasteiger partial charge >= 0.3 is 12.0 Å². The Balaban J connectivity index is 1.57. The van der Waals surface area contributed by atoms with Crippen LogP contribution in [-0.4, -0.2) is 53.6 Å². The molecule has 1 aromatic carbocycles. The second-order valence-corrected chi connectivity index (χ2v) is 7.74.